The molecule has 0 fully saturated rings. The van der Waals surface area contributed by atoms with Crippen LogP contribution in [-0.4, -0.2) is 30.8 Å². The van der Waals surface area contributed by atoms with Gasteiger partial charge in [-0.25, -0.2) is 4.79 Å². The SMILES string of the molecule is CC(C)CCOC(=O)CNC(=O)OC(C)(C)C. The van der Waals surface area contributed by atoms with E-state index in [2.05, 4.69) is 5.32 Å². The van der Waals surface area contributed by atoms with Gasteiger partial charge in [-0.2, -0.15) is 0 Å². The molecule has 0 atom stereocenters. The minimum absolute atomic E-state index is 0.160. The Morgan fingerprint density at radius 2 is 1.82 bits per heavy atom. The average molecular weight is 245 g/mol. The van der Waals surface area contributed by atoms with Gasteiger partial charge in [0.25, 0.3) is 0 Å². The molecule has 0 spiro atoms. The second kappa shape index (κ2) is 7.14. The normalized spacial score (nSPS) is 11.2. The molecule has 5 nitrogen and oxygen atoms in total. The van der Waals surface area contributed by atoms with Gasteiger partial charge in [-0.05, 0) is 33.1 Å². The van der Waals surface area contributed by atoms with Gasteiger partial charge < -0.3 is 14.8 Å². The topological polar surface area (TPSA) is 64.6 Å². The van der Waals surface area contributed by atoms with E-state index in [1.807, 2.05) is 13.8 Å². The van der Waals surface area contributed by atoms with E-state index in [1.165, 1.54) is 0 Å². The Labute approximate surface area is 103 Å². The van der Waals surface area contributed by atoms with E-state index < -0.39 is 17.7 Å². The monoisotopic (exact) mass is 245 g/mol. The van der Waals surface area contributed by atoms with Crippen molar-refractivity contribution in [2.24, 2.45) is 5.92 Å². The summed E-state index contributed by atoms with van der Waals surface area (Å²) in [6, 6.07) is 0. The lowest BCUT2D eigenvalue weighted by Crippen LogP contribution is -2.36. The molecule has 0 aliphatic heterocycles. The highest BCUT2D eigenvalue weighted by Gasteiger charge is 2.16. The third-order valence-corrected chi connectivity index (χ3v) is 1.73. The number of amides is 1. The number of carbonyl (C=O) groups excluding carboxylic acids is 2. The van der Waals surface area contributed by atoms with Crippen LogP contribution in [0, 0.1) is 5.92 Å². The first kappa shape index (κ1) is 15.7. The highest BCUT2D eigenvalue weighted by atomic mass is 16.6. The molecule has 0 rings (SSSR count). The molecule has 1 N–H and O–H groups in total. The van der Waals surface area contributed by atoms with Crippen LogP contribution < -0.4 is 5.32 Å². The van der Waals surface area contributed by atoms with Crippen molar-refractivity contribution in [1.29, 1.82) is 0 Å². The summed E-state index contributed by atoms with van der Waals surface area (Å²) in [5.74, 6) is 0.0399. The second-order valence-electron chi connectivity index (χ2n) is 5.26. The van der Waals surface area contributed by atoms with Gasteiger partial charge in [0.15, 0.2) is 0 Å². The molecular weight excluding hydrogens is 222 g/mol. The van der Waals surface area contributed by atoms with E-state index in [4.69, 9.17) is 9.47 Å². The van der Waals surface area contributed by atoms with Gasteiger partial charge >= 0.3 is 12.1 Å². The minimum Gasteiger partial charge on any atom is -0.464 e. The Balaban J connectivity index is 3.67. The predicted molar refractivity (Wildman–Crippen MR) is 64.7 cm³/mol. The molecular formula is C12H23NO4. The van der Waals surface area contributed by atoms with Crippen LogP contribution in [0.25, 0.3) is 0 Å². The Morgan fingerprint density at radius 1 is 1.24 bits per heavy atom. The van der Waals surface area contributed by atoms with Gasteiger partial charge in [-0.3, -0.25) is 4.79 Å². The third kappa shape index (κ3) is 11.0. The summed E-state index contributed by atoms with van der Waals surface area (Å²) >= 11 is 0. The lowest BCUT2D eigenvalue weighted by atomic mass is 10.1. The maximum absolute atomic E-state index is 11.2. The first-order valence-corrected chi connectivity index (χ1v) is 5.83. The summed E-state index contributed by atoms with van der Waals surface area (Å²) in [4.78, 5) is 22.4. The maximum atomic E-state index is 11.2. The lowest BCUT2D eigenvalue weighted by molar-refractivity contribution is -0.142. The highest BCUT2D eigenvalue weighted by Crippen LogP contribution is 2.06. The van der Waals surface area contributed by atoms with Gasteiger partial charge in [0, 0.05) is 0 Å². The molecule has 0 aliphatic carbocycles. The molecule has 17 heavy (non-hydrogen) atoms. The van der Waals surface area contributed by atoms with Gasteiger partial charge in [-0.15, -0.1) is 0 Å². The Morgan fingerprint density at radius 3 is 2.29 bits per heavy atom. The summed E-state index contributed by atoms with van der Waals surface area (Å²) in [7, 11) is 0. The van der Waals surface area contributed by atoms with Gasteiger partial charge in [0.2, 0.25) is 0 Å². The Kier molecular flexibility index (Phi) is 6.61. The van der Waals surface area contributed by atoms with E-state index >= 15 is 0 Å². The van der Waals surface area contributed by atoms with Crippen molar-refractivity contribution in [1.82, 2.24) is 5.32 Å². The first-order valence-electron chi connectivity index (χ1n) is 5.83. The van der Waals surface area contributed by atoms with Gasteiger partial charge in [0.05, 0.1) is 6.61 Å². The molecule has 100 valence electrons. The number of hydrogen-bond acceptors (Lipinski definition) is 4. The zero-order chi connectivity index (χ0) is 13.5. The molecule has 0 aromatic rings. The van der Waals surface area contributed by atoms with E-state index in [0.29, 0.717) is 12.5 Å². The number of esters is 1. The van der Waals surface area contributed by atoms with Crippen LogP contribution in [0.4, 0.5) is 4.79 Å². The lowest BCUT2D eigenvalue weighted by Gasteiger charge is -2.19. The minimum atomic E-state index is -0.613. The Bertz CT molecular complexity index is 256. The van der Waals surface area contributed by atoms with Crippen molar-refractivity contribution < 1.29 is 19.1 Å². The number of rotatable bonds is 5. The molecule has 0 saturated heterocycles. The summed E-state index contributed by atoms with van der Waals surface area (Å²) in [5.41, 5.74) is -0.564. The smallest absolute Gasteiger partial charge is 0.408 e. The van der Waals surface area contributed by atoms with Gasteiger partial charge in [0.1, 0.15) is 12.1 Å². The maximum Gasteiger partial charge on any atom is 0.408 e. The molecule has 0 radical (unpaired) electrons. The van der Waals surface area contributed by atoms with Crippen molar-refractivity contribution in [2.75, 3.05) is 13.2 Å². The van der Waals surface area contributed by atoms with Crippen LogP contribution in [0.2, 0.25) is 0 Å². The third-order valence-electron chi connectivity index (χ3n) is 1.73. The number of alkyl carbamates (subject to hydrolysis) is 1. The van der Waals surface area contributed by atoms with Gasteiger partial charge in [-0.1, -0.05) is 13.8 Å². The van der Waals surface area contributed by atoms with E-state index in [9.17, 15) is 9.59 Å². The fourth-order valence-electron chi connectivity index (χ4n) is 0.918. The summed E-state index contributed by atoms with van der Waals surface area (Å²) < 4.78 is 9.90. The first-order chi connectivity index (χ1) is 7.70. The quantitative estimate of drug-likeness (QED) is 0.753. The molecule has 0 aromatic heterocycles. The van der Waals surface area contributed by atoms with E-state index in [1.54, 1.807) is 20.8 Å². The van der Waals surface area contributed by atoms with Crippen molar-refractivity contribution in [3.05, 3.63) is 0 Å². The summed E-state index contributed by atoms with van der Waals surface area (Å²) in [5, 5.41) is 2.34. The standard InChI is InChI=1S/C12H23NO4/c1-9(2)6-7-16-10(14)8-13-11(15)17-12(3,4)5/h9H,6-8H2,1-5H3,(H,13,15). The van der Waals surface area contributed by atoms with Crippen molar-refractivity contribution in [3.63, 3.8) is 0 Å². The van der Waals surface area contributed by atoms with Crippen LogP contribution >= 0.6 is 0 Å². The van der Waals surface area contributed by atoms with Crippen LogP contribution in [0.15, 0.2) is 0 Å². The van der Waals surface area contributed by atoms with Crippen LogP contribution in [0.5, 0.6) is 0 Å². The molecule has 5 heteroatoms. The highest BCUT2D eigenvalue weighted by molar-refractivity contribution is 5.77. The molecule has 1 amide bonds. The zero-order valence-corrected chi connectivity index (χ0v) is 11.3. The predicted octanol–water partition coefficient (Wildman–Crippen LogP) is 2.10. The summed E-state index contributed by atoms with van der Waals surface area (Å²) in [6.07, 6.45) is 0.205. The molecule has 0 bridgehead atoms. The molecule has 0 aromatic carbocycles. The molecule has 0 heterocycles. The van der Waals surface area contributed by atoms with E-state index in [-0.39, 0.29) is 6.54 Å². The van der Waals surface area contributed by atoms with Crippen molar-refractivity contribution in [2.45, 2.75) is 46.6 Å². The fraction of sp³-hybridized carbons (Fsp3) is 0.833. The molecule has 0 aliphatic rings. The van der Waals surface area contributed by atoms with Crippen molar-refractivity contribution >= 4 is 12.1 Å². The number of ether oxygens (including phenoxy) is 2. The number of nitrogens with one attached hydrogen (secondary N) is 1. The van der Waals surface area contributed by atoms with Crippen LogP contribution in [0.3, 0.4) is 0 Å². The fourth-order valence-corrected chi connectivity index (χ4v) is 0.918. The number of carbonyl (C=O) groups is 2. The van der Waals surface area contributed by atoms with E-state index in [0.717, 1.165) is 6.42 Å². The largest absolute Gasteiger partial charge is 0.464 e. The van der Waals surface area contributed by atoms with Crippen LogP contribution in [0.1, 0.15) is 41.0 Å². The van der Waals surface area contributed by atoms with Crippen LogP contribution in [-0.2, 0) is 14.3 Å². The Hall–Kier alpha value is -1.26. The summed E-state index contributed by atoms with van der Waals surface area (Å²) in [6.45, 7) is 9.59. The molecule has 0 saturated carbocycles. The zero-order valence-electron chi connectivity index (χ0n) is 11.3. The average Bonchev–Trinajstić information content (AvgIpc) is 2.11. The number of hydrogen-bond donors (Lipinski definition) is 1. The van der Waals surface area contributed by atoms with Crippen molar-refractivity contribution in [3.8, 4) is 0 Å². The second-order valence-corrected chi connectivity index (χ2v) is 5.26. The molecule has 0 unspecified atom stereocenters.